The molecule has 0 spiro atoms. The maximum absolute atomic E-state index is 11.7. The van der Waals surface area contributed by atoms with Gasteiger partial charge in [0, 0.05) is 20.2 Å². The summed E-state index contributed by atoms with van der Waals surface area (Å²) in [7, 11) is 3.60. The molecule has 0 aromatic carbocycles. The number of nitrogens with zero attached hydrogens (tertiary/aromatic N) is 1. The van der Waals surface area contributed by atoms with Gasteiger partial charge in [0.2, 0.25) is 5.91 Å². The molecule has 0 saturated carbocycles. The number of methoxy groups -OCH3 is 1. The minimum absolute atomic E-state index is 0. The van der Waals surface area contributed by atoms with E-state index in [2.05, 4.69) is 5.32 Å². The van der Waals surface area contributed by atoms with Gasteiger partial charge >= 0.3 is 0 Å². The van der Waals surface area contributed by atoms with Crippen LogP contribution in [0.3, 0.4) is 0 Å². The first-order chi connectivity index (χ1) is 7.27. The second-order valence-corrected chi connectivity index (χ2v) is 4.15. The number of carbonyl (C=O) groups excluding carboxylic acids is 1. The van der Waals surface area contributed by atoms with Crippen LogP contribution in [0.15, 0.2) is 0 Å². The summed E-state index contributed by atoms with van der Waals surface area (Å²) in [6, 6.07) is 0. The lowest BCUT2D eigenvalue weighted by Gasteiger charge is -2.32. The Morgan fingerprint density at radius 3 is 2.94 bits per heavy atom. The van der Waals surface area contributed by atoms with E-state index in [0.29, 0.717) is 18.9 Å². The van der Waals surface area contributed by atoms with E-state index < -0.39 is 0 Å². The number of ether oxygens (including phenoxy) is 1. The molecular formula is C11H23ClN2O2. The van der Waals surface area contributed by atoms with Crippen LogP contribution in [0, 0.1) is 5.92 Å². The molecule has 0 radical (unpaired) electrons. The van der Waals surface area contributed by atoms with Gasteiger partial charge in [0.15, 0.2) is 0 Å². The molecule has 0 aromatic rings. The average molecular weight is 251 g/mol. The fraction of sp³-hybridized carbons (Fsp3) is 0.909. The summed E-state index contributed by atoms with van der Waals surface area (Å²) in [5.74, 6) is 0.855. The molecule has 1 saturated heterocycles. The van der Waals surface area contributed by atoms with Gasteiger partial charge < -0.3 is 15.0 Å². The third-order valence-corrected chi connectivity index (χ3v) is 2.88. The number of hydrogen-bond acceptors (Lipinski definition) is 3. The van der Waals surface area contributed by atoms with Gasteiger partial charge in [0.1, 0.15) is 0 Å². The van der Waals surface area contributed by atoms with E-state index in [1.54, 1.807) is 7.11 Å². The Morgan fingerprint density at radius 2 is 2.31 bits per heavy atom. The van der Waals surface area contributed by atoms with Crippen LogP contribution in [0.25, 0.3) is 0 Å². The van der Waals surface area contributed by atoms with E-state index >= 15 is 0 Å². The van der Waals surface area contributed by atoms with Crippen LogP contribution in [0.2, 0.25) is 0 Å². The van der Waals surface area contributed by atoms with Gasteiger partial charge in [-0.05, 0) is 32.4 Å². The van der Waals surface area contributed by atoms with Gasteiger partial charge in [-0.3, -0.25) is 4.79 Å². The molecule has 1 N–H and O–H groups in total. The zero-order chi connectivity index (χ0) is 11.1. The SMILES string of the molecule is CNCC1CCCN(C(=O)CCOC)C1.Cl. The van der Waals surface area contributed by atoms with Gasteiger partial charge in [-0.15, -0.1) is 12.4 Å². The summed E-state index contributed by atoms with van der Waals surface area (Å²) in [6.07, 6.45) is 2.88. The van der Waals surface area contributed by atoms with E-state index in [9.17, 15) is 4.79 Å². The first kappa shape index (κ1) is 15.7. The molecule has 1 amide bonds. The smallest absolute Gasteiger partial charge is 0.224 e. The van der Waals surface area contributed by atoms with Crippen LogP contribution >= 0.6 is 12.4 Å². The number of piperidine rings is 1. The van der Waals surface area contributed by atoms with Crippen LogP contribution in [-0.4, -0.2) is 51.2 Å². The Kier molecular flexibility index (Phi) is 8.61. The molecule has 0 bridgehead atoms. The molecule has 1 aliphatic heterocycles. The zero-order valence-corrected chi connectivity index (χ0v) is 11.0. The number of halogens is 1. The minimum Gasteiger partial charge on any atom is -0.384 e. The Bertz CT molecular complexity index is 200. The van der Waals surface area contributed by atoms with Crippen LogP contribution in [0.4, 0.5) is 0 Å². The molecule has 1 aliphatic rings. The lowest BCUT2D eigenvalue weighted by atomic mass is 9.98. The lowest BCUT2D eigenvalue weighted by molar-refractivity contribution is -0.133. The van der Waals surface area contributed by atoms with Crippen molar-refractivity contribution in [1.29, 1.82) is 0 Å². The van der Waals surface area contributed by atoms with Gasteiger partial charge in [-0.2, -0.15) is 0 Å². The number of nitrogens with one attached hydrogen (secondary N) is 1. The van der Waals surface area contributed by atoms with Crippen molar-refractivity contribution in [3.63, 3.8) is 0 Å². The lowest BCUT2D eigenvalue weighted by Crippen LogP contribution is -2.42. The molecule has 16 heavy (non-hydrogen) atoms. The molecule has 1 heterocycles. The number of likely N-dealkylation sites (tertiary alicyclic amines) is 1. The van der Waals surface area contributed by atoms with Crippen LogP contribution < -0.4 is 5.32 Å². The van der Waals surface area contributed by atoms with E-state index in [4.69, 9.17) is 4.74 Å². The molecule has 1 unspecified atom stereocenters. The topological polar surface area (TPSA) is 41.6 Å². The second kappa shape index (κ2) is 8.79. The van der Waals surface area contributed by atoms with Crippen LogP contribution in [0.1, 0.15) is 19.3 Å². The summed E-state index contributed by atoms with van der Waals surface area (Å²) in [4.78, 5) is 13.7. The maximum atomic E-state index is 11.7. The largest absolute Gasteiger partial charge is 0.384 e. The quantitative estimate of drug-likeness (QED) is 0.789. The number of amides is 1. The van der Waals surface area contributed by atoms with Gasteiger partial charge in [-0.25, -0.2) is 0 Å². The number of hydrogen-bond donors (Lipinski definition) is 1. The summed E-state index contributed by atoms with van der Waals surface area (Å²) in [5, 5.41) is 3.18. The first-order valence-corrected chi connectivity index (χ1v) is 5.69. The average Bonchev–Trinajstić information content (AvgIpc) is 2.27. The molecule has 1 rings (SSSR count). The summed E-state index contributed by atoms with van der Waals surface area (Å²) < 4.78 is 4.92. The number of carbonyl (C=O) groups is 1. The molecule has 5 heteroatoms. The Labute approximate surface area is 104 Å². The highest BCUT2D eigenvalue weighted by molar-refractivity contribution is 5.85. The highest BCUT2D eigenvalue weighted by atomic mass is 35.5. The second-order valence-electron chi connectivity index (χ2n) is 4.15. The van der Waals surface area contributed by atoms with Crippen molar-refractivity contribution in [2.24, 2.45) is 5.92 Å². The Morgan fingerprint density at radius 1 is 1.56 bits per heavy atom. The summed E-state index contributed by atoms with van der Waals surface area (Å²) >= 11 is 0. The molecule has 4 nitrogen and oxygen atoms in total. The predicted octanol–water partition coefficient (Wildman–Crippen LogP) is 0.903. The van der Waals surface area contributed by atoms with Crippen molar-refractivity contribution in [2.75, 3.05) is 40.4 Å². The molecule has 0 aromatic heterocycles. The Balaban J connectivity index is 0.00000225. The highest BCUT2D eigenvalue weighted by Gasteiger charge is 2.22. The molecule has 0 aliphatic carbocycles. The summed E-state index contributed by atoms with van der Waals surface area (Å²) in [5.41, 5.74) is 0. The fourth-order valence-corrected chi connectivity index (χ4v) is 2.09. The summed E-state index contributed by atoms with van der Waals surface area (Å²) in [6.45, 7) is 3.37. The van der Waals surface area contributed by atoms with Gasteiger partial charge in [0.05, 0.1) is 13.0 Å². The maximum Gasteiger partial charge on any atom is 0.224 e. The molecular weight excluding hydrogens is 228 g/mol. The highest BCUT2D eigenvalue weighted by Crippen LogP contribution is 2.16. The fourth-order valence-electron chi connectivity index (χ4n) is 2.09. The van der Waals surface area contributed by atoms with E-state index in [0.717, 1.165) is 26.1 Å². The molecule has 1 fully saturated rings. The zero-order valence-electron chi connectivity index (χ0n) is 10.2. The monoisotopic (exact) mass is 250 g/mol. The van der Waals surface area contributed by atoms with Crippen molar-refractivity contribution in [1.82, 2.24) is 10.2 Å². The molecule has 96 valence electrons. The van der Waals surface area contributed by atoms with E-state index in [1.807, 2.05) is 11.9 Å². The van der Waals surface area contributed by atoms with Crippen molar-refractivity contribution in [2.45, 2.75) is 19.3 Å². The number of rotatable bonds is 5. The van der Waals surface area contributed by atoms with E-state index in [1.165, 1.54) is 6.42 Å². The first-order valence-electron chi connectivity index (χ1n) is 5.69. The molecule has 1 atom stereocenters. The van der Waals surface area contributed by atoms with Crippen LogP contribution in [-0.2, 0) is 9.53 Å². The van der Waals surface area contributed by atoms with Crippen LogP contribution in [0.5, 0.6) is 0 Å². The van der Waals surface area contributed by atoms with Crippen molar-refractivity contribution in [3.8, 4) is 0 Å². The Hall–Kier alpha value is -0.320. The third-order valence-electron chi connectivity index (χ3n) is 2.88. The van der Waals surface area contributed by atoms with Crippen molar-refractivity contribution in [3.05, 3.63) is 0 Å². The predicted molar refractivity (Wildman–Crippen MR) is 67.0 cm³/mol. The van der Waals surface area contributed by atoms with E-state index in [-0.39, 0.29) is 18.3 Å². The van der Waals surface area contributed by atoms with Gasteiger partial charge in [-0.1, -0.05) is 0 Å². The van der Waals surface area contributed by atoms with Gasteiger partial charge in [0.25, 0.3) is 0 Å². The van der Waals surface area contributed by atoms with Crippen molar-refractivity contribution >= 4 is 18.3 Å². The normalized spacial score (nSPS) is 20.4. The third kappa shape index (κ3) is 5.14. The van der Waals surface area contributed by atoms with Crippen molar-refractivity contribution < 1.29 is 9.53 Å². The standard InChI is InChI=1S/C11H22N2O2.ClH/c1-12-8-10-4-3-6-13(9-10)11(14)5-7-15-2;/h10,12H,3-9H2,1-2H3;1H. The minimum atomic E-state index is 0.